The lowest BCUT2D eigenvalue weighted by atomic mass is 10.1. The van der Waals surface area contributed by atoms with Crippen molar-refractivity contribution in [2.45, 2.75) is 19.5 Å². The van der Waals surface area contributed by atoms with Gasteiger partial charge < -0.3 is 21.9 Å². The van der Waals surface area contributed by atoms with Crippen molar-refractivity contribution in [2.75, 3.05) is 6.61 Å². The van der Waals surface area contributed by atoms with Crippen LogP contribution in [0.15, 0.2) is 24.0 Å². The van der Waals surface area contributed by atoms with Gasteiger partial charge in [0.2, 0.25) is 0 Å². The number of rotatable bonds is 0. The van der Waals surface area contributed by atoms with Crippen LogP contribution in [-0.4, -0.2) is 17.4 Å². The molecular weight excluding hydrogens is 154 g/mol. The summed E-state index contributed by atoms with van der Waals surface area (Å²) in [6.07, 6.45) is 5.30. The Kier molecular flexibility index (Phi) is 4.39. The second kappa shape index (κ2) is 4.79. The van der Waals surface area contributed by atoms with Crippen molar-refractivity contribution in [3.63, 3.8) is 0 Å². The van der Waals surface area contributed by atoms with Gasteiger partial charge >= 0.3 is 0 Å². The van der Waals surface area contributed by atoms with Crippen LogP contribution in [0.25, 0.3) is 0 Å². The van der Waals surface area contributed by atoms with Gasteiger partial charge in [-0.05, 0) is 26.0 Å². The Morgan fingerprint density at radius 1 is 1.67 bits per heavy atom. The predicted octanol–water partition coefficient (Wildman–Crippen LogP) is -0.381. The first-order valence-corrected chi connectivity index (χ1v) is 3.84. The van der Waals surface area contributed by atoms with Crippen LogP contribution in [0.2, 0.25) is 0 Å². The maximum absolute atomic E-state index is 7.57. The van der Waals surface area contributed by atoms with Crippen LogP contribution in [0.1, 0.15) is 13.8 Å². The lowest BCUT2D eigenvalue weighted by molar-refractivity contribution is 0.318. The van der Waals surface area contributed by atoms with E-state index in [9.17, 15) is 0 Å². The average molecular weight is 171 g/mol. The Bertz CT molecular complexity index is 185. The second-order valence-electron chi connectivity index (χ2n) is 2.72. The minimum atomic E-state index is -0.428. The van der Waals surface area contributed by atoms with Gasteiger partial charge in [0.25, 0.3) is 0 Å². The molecule has 1 heterocycles. The van der Waals surface area contributed by atoms with Gasteiger partial charge in [0.15, 0.2) is 0 Å². The molecule has 4 heteroatoms. The van der Waals surface area contributed by atoms with Crippen molar-refractivity contribution >= 4 is 0 Å². The van der Waals surface area contributed by atoms with E-state index in [4.69, 9.17) is 16.6 Å². The standard InChI is InChI=1S/C6H11N3.C2H6O/c1-6(8)3-2-5(7)4-9-6;1-2-3/h2-4,9H,7-8H2,1H3;3H,2H2,1H3. The minimum absolute atomic E-state index is 0.250. The first-order chi connectivity index (χ1) is 5.52. The van der Waals surface area contributed by atoms with Crippen LogP contribution < -0.4 is 16.8 Å². The molecule has 0 aliphatic carbocycles. The third-order valence-electron chi connectivity index (χ3n) is 1.17. The molecule has 1 aliphatic rings. The van der Waals surface area contributed by atoms with Crippen molar-refractivity contribution in [1.29, 1.82) is 0 Å². The van der Waals surface area contributed by atoms with Crippen LogP contribution in [0.4, 0.5) is 0 Å². The fourth-order valence-corrected chi connectivity index (χ4v) is 0.604. The van der Waals surface area contributed by atoms with Crippen molar-refractivity contribution < 1.29 is 5.11 Å². The predicted molar refractivity (Wildman–Crippen MR) is 49.9 cm³/mol. The van der Waals surface area contributed by atoms with E-state index in [0.29, 0.717) is 5.70 Å². The molecule has 12 heavy (non-hydrogen) atoms. The molecule has 0 aromatic rings. The molecule has 0 saturated carbocycles. The second-order valence-corrected chi connectivity index (χ2v) is 2.72. The molecule has 0 spiro atoms. The number of aliphatic hydroxyl groups is 1. The summed E-state index contributed by atoms with van der Waals surface area (Å²) in [5.74, 6) is 0. The first-order valence-electron chi connectivity index (χ1n) is 3.84. The summed E-state index contributed by atoms with van der Waals surface area (Å²) in [7, 11) is 0. The van der Waals surface area contributed by atoms with E-state index in [1.165, 1.54) is 0 Å². The summed E-state index contributed by atoms with van der Waals surface area (Å²) >= 11 is 0. The Morgan fingerprint density at radius 2 is 2.17 bits per heavy atom. The maximum Gasteiger partial charge on any atom is 0.102 e. The first kappa shape index (κ1) is 11.0. The van der Waals surface area contributed by atoms with Crippen molar-refractivity contribution in [2.24, 2.45) is 11.5 Å². The minimum Gasteiger partial charge on any atom is -0.398 e. The van der Waals surface area contributed by atoms with Crippen LogP contribution in [-0.2, 0) is 0 Å². The maximum atomic E-state index is 7.57. The molecule has 1 unspecified atom stereocenters. The highest BCUT2D eigenvalue weighted by molar-refractivity contribution is 5.23. The summed E-state index contributed by atoms with van der Waals surface area (Å²) in [6.45, 7) is 3.80. The van der Waals surface area contributed by atoms with Gasteiger partial charge in [-0.3, -0.25) is 0 Å². The van der Waals surface area contributed by atoms with Gasteiger partial charge in [0.1, 0.15) is 5.66 Å². The van der Waals surface area contributed by atoms with E-state index in [-0.39, 0.29) is 6.61 Å². The largest absolute Gasteiger partial charge is 0.398 e. The monoisotopic (exact) mass is 171 g/mol. The number of hydrogen-bond donors (Lipinski definition) is 4. The van der Waals surface area contributed by atoms with Gasteiger partial charge in [0, 0.05) is 18.5 Å². The molecule has 0 radical (unpaired) electrons. The van der Waals surface area contributed by atoms with Crippen molar-refractivity contribution in [3.05, 3.63) is 24.0 Å². The Labute approximate surface area is 72.9 Å². The molecule has 0 aromatic heterocycles. The van der Waals surface area contributed by atoms with Crippen LogP contribution >= 0.6 is 0 Å². The number of nitrogens with two attached hydrogens (primary N) is 2. The van der Waals surface area contributed by atoms with E-state index in [1.54, 1.807) is 19.2 Å². The molecule has 0 bridgehead atoms. The molecule has 1 atom stereocenters. The zero-order valence-corrected chi connectivity index (χ0v) is 7.54. The number of allylic oxidation sites excluding steroid dienone is 1. The molecule has 4 nitrogen and oxygen atoms in total. The lowest BCUT2D eigenvalue weighted by Gasteiger charge is -2.23. The van der Waals surface area contributed by atoms with Crippen molar-refractivity contribution in [1.82, 2.24) is 5.32 Å². The van der Waals surface area contributed by atoms with E-state index in [2.05, 4.69) is 5.32 Å². The van der Waals surface area contributed by atoms with E-state index < -0.39 is 5.66 Å². The summed E-state index contributed by atoms with van der Waals surface area (Å²) in [5, 5.41) is 10.5. The summed E-state index contributed by atoms with van der Waals surface area (Å²) < 4.78 is 0. The molecule has 6 N–H and O–H groups in total. The molecular formula is C8H17N3O. The lowest BCUT2D eigenvalue weighted by Crippen LogP contribution is -2.47. The van der Waals surface area contributed by atoms with Gasteiger partial charge in [-0.25, -0.2) is 0 Å². The quantitative estimate of drug-likeness (QED) is 0.400. The number of aliphatic hydroxyl groups excluding tert-OH is 1. The van der Waals surface area contributed by atoms with Crippen LogP contribution in [0.3, 0.4) is 0 Å². The summed E-state index contributed by atoms with van der Waals surface area (Å²) in [4.78, 5) is 0. The third kappa shape index (κ3) is 4.76. The smallest absolute Gasteiger partial charge is 0.102 e. The van der Waals surface area contributed by atoms with E-state index in [1.807, 2.05) is 13.0 Å². The fraction of sp³-hybridized carbons (Fsp3) is 0.500. The van der Waals surface area contributed by atoms with Crippen LogP contribution in [0.5, 0.6) is 0 Å². The molecule has 0 saturated heterocycles. The van der Waals surface area contributed by atoms with Gasteiger partial charge in [-0.2, -0.15) is 0 Å². The Morgan fingerprint density at radius 3 is 2.42 bits per heavy atom. The Balaban J connectivity index is 0.000000354. The van der Waals surface area contributed by atoms with Gasteiger partial charge in [-0.1, -0.05) is 0 Å². The molecule has 0 fully saturated rings. The van der Waals surface area contributed by atoms with E-state index in [0.717, 1.165) is 0 Å². The average Bonchev–Trinajstić information content (AvgIpc) is 1.98. The topological polar surface area (TPSA) is 84.3 Å². The zero-order valence-electron chi connectivity index (χ0n) is 7.54. The molecule has 70 valence electrons. The highest BCUT2D eigenvalue weighted by Crippen LogP contribution is 2.03. The zero-order chi connectivity index (χ0) is 9.61. The molecule has 0 aromatic carbocycles. The highest BCUT2D eigenvalue weighted by Gasteiger charge is 2.13. The van der Waals surface area contributed by atoms with Gasteiger partial charge in [-0.15, -0.1) is 0 Å². The van der Waals surface area contributed by atoms with Crippen molar-refractivity contribution in [3.8, 4) is 0 Å². The SMILES string of the molecule is CC1(N)C=CC(N)=CN1.CCO. The van der Waals surface area contributed by atoms with E-state index >= 15 is 0 Å². The summed E-state index contributed by atoms with van der Waals surface area (Å²) in [5.41, 5.74) is 11.3. The number of hydrogen-bond acceptors (Lipinski definition) is 4. The molecule has 1 aliphatic heterocycles. The third-order valence-corrected chi connectivity index (χ3v) is 1.17. The molecule has 0 amide bonds. The molecule has 1 rings (SSSR count). The Hall–Kier alpha value is -1.00. The number of dihydropyridines is 1. The van der Waals surface area contributed by atoms with Gasteiger partial charge in [0.05, 0.1) is 0 Å². The highest BCUT2D eigenvalue weighted by atomic mass is 16.2. The summed E-state index contributed by atoms with van der Waals surface area (Å²) in [6, 6.07) is 0. The normalized spacial score (nSPS) is 26.5. The fourth-order valence-electron chi connectivity index (χ4n) is 0.604. The number of nitrogens with one attached hydrogen (secondary N) is 1. The van der Waals surface area contributed by atoms with Crippen LogP contribution in [0, 0.1) is 0 Å².